The minimum Gasteiger partial charge on any atom is -0.476 e. The summed E-state index contributed by atoms with van der Waals surface area (Å²) in [5.41, 5.74) is 1.01. The molecule has 0 atom stereocenters. The largest absolute Gasteiger partial charge is 0.476 e. The number of rotatable bonds is 4. The first-order chi connectivity index (χ1) is 11.1. The van der Waals surface area contributed by atoms with Crippen LogP contribution in [0.3, 0.4) is 0 Å². The number of morpholine rings is 1. The molecule has 3 rings (SSSR count). The van der Waals surface area contributed by atoms with Crippen LogP contribution in [0.25, 0.3) is 11.1 Å². The summed E-state index contributed by atoms with van der Waals surface area (Å²) in [5, 5.41) is 9.95. The molecule has 1 aliphatic rings. The van der Waals surface area contributed by atoms with Gasteiger partial charge in [0, 0.05) is 35.4 Å². The summed E-state index contributed by atoms with van der Waals surface area (Å²) in [6.07, 6.45) is 1.54. The molecule has 120 valence electrons. The standard InChI is InChI=1S/C16H16ClN3O3/c17-13-4-2-1-3-11(13)12-9-18-14(19-15(12)16(21)22)10-20-5-7-23-8-6-20/h1-4,9H,5-8,10H2,(H,21,22). The third-order valence-corrected chi connectivity index (χ3v) is 4.00. The van der Waals surface area contributed by atoms with Crippen LogP contribution >= 0.6 is 11.6 Å². The maximum absolute atomic E-state index is 11.6. The topological polar surface area (TPSA) is 75.5 Å². The van der Waals surface area contributed by atoms with Crippen LogP contribution in [0.1, 0.15) is 16.3 Å². The van der Waals surface area contributed by atoms with Gasteiger partial charge in [0.25, 0.3) is 0 Å². The highest BCUT2D eigenvalue weighted by atomic mass is 35.5. The van der Waals surface area contributed by atoms with E-state index in [9.17, 15) is 9.90 Å². The number of hydrogen-bond acceptors (Lipinski definition) is 5. The molecule has 0 radical (unpaired) electrons. The van der Waals surface area contributed by atoms with Crippen LogP contribution in [0.15, 0.2) is 30.5 Å². The van der Waals surface area contributed by atoms with E-state index in [4.69, 9.17) is 16.3 Å². The Hall–Kier alpha value is -2.02. The molecule has 0 bridgehead atoms. The summed E-state index contributed by atoms with van der Waals surface area (Å²) in [6, 6.07) is 7.06. The third-order valence-electron chi connectivity index (χ3n) is 3.67. The molecule has 2 aromatic rings. The molecule has 1 aromatic carbocycles. The number of nitrogens with zero attached hydrogens (tertiary/aromatic N) is 3. The Morgan fingerprint density at radius 1 is 1.26 bits per heavy atom. The molecular weight excluding hydrogens is 318 g/mol. The predicted octanol–water partition coefficient (Wildman–Crippen LogP) is 2.33. The molecule has 0 spiro atoms. The van der Waals surface area contributed by atoms with Crippen molar-refractivity contribution >= 4 is 17.6 Å². The number of halogens is 1. The number of carboxylic acids is 1. The van der Waals surface area contributed by atoms with E-state index < -0.39 is 5.97 Å². The van der Waals surface area contributed by atoms with Crippen molar-refractivity contribution in [2.45, 2.75) is 6.54 Å². The number of hydrogen-bond donors (Lipinski definition) is 1. The van der Waals surface area contributed by atoms with Gasteiger partial charge in [-0.05, 0) is 6.07 Å². The molecule has 0 saturated carbocycles. The zero-order chi connectivity index (χ0) is 16.2. The van der Waals surface area contributed by atoms with E-state index in [-0.39, 0.29) is 5.69 Å². The molecule has 0 amide bonds. The van der Waals surface area contributed by atoms with Gasteiger partial charge in [-0.25, -0.2) is 14.8 Å². The lowest BCUT2D eigenvalue weighted by Gasteiger charge is -2.25. The van der Waals surface area contributed by atoms with E-state index in [0.29, 0.717) is 41.7 Å². The molecule has 1 aromatic heterocycles. The van der Waals surface area contributed by atoms with E-state index in [1.54, 1.807) is 24.3 Å². The zero-order valence-electron chi connectivity index (χ0n) is 12.4. The second kappa shape index (κ2) is 7.04. The fourth-order valence-corrected chi connectivity index (χ4v) is 2.73. The van der Waals surface area contributed by atoms with E-state index in [1.165, 1.54) is 6.20 Å². The molecule has 1 N–H and O–H groups in total. The average molecular weight is 334 g/mol. The Morgan fingerprint density at radius 2 is 2.00 bits per heavy atom. The molecule has 1 saturated heterocycles. The fraction of sp³-hybridized carbons (Fsp3) is 0.312. The van der Waals surface area contributed by atoms with E-state index >= 15 is 0 Å². The van der Waals surface area contributed by atoms with Gasteiger partial charge in [-0.2, -0.15) is 0 Å². The normalized spacial score (nSPS) is 15.5. The highest BCUT2D eigenvalue weighted by Crippen LogP contribution is 2.29. The summed E-state index contributed by atoms with van der Waals surface area (Å²) >= 11 is 6.16. The molecule has 2 heterocycles. The van der Waals surface area contributed by atoms with Gasteiger partial charge in [0.2, 0.25) is 0 Å². The summed E-state index contributed by atoms with van der Waals surface area (Å²) in [7, 11) is 0. The first-order valence-corrected chi connectivity index (χ1v) is 7.67. The van der Waals surface area contributed by atoms with Crippen molar-refractivity contribution in [1.29, 1.82) is 0 Å². The highest BCUT2D eigenvalue weighted by Gasteiger charge is 2.19. The molecule has 23 heavy (non-hydrogen) atoms. The predicted molar refractivity (Wildman–Crippen MR) is 85.5 cm³/mol. The lowest BCUT2D eigenvalue weighted by atomic mass is 10.1. The van der Waals surface area contributed by atoms with Crippen molar-refractivity contribution in [2.75, 3.05) is 26.3 Å². The Balaban J connectivity index is 1.92. The minimum absolute atomic E-state index is 0.0311. The van der Waals surface area contributed by atoms with Gasteiger partial charge < -0.3 is 9.84 Å². The maximum atomic E-state index is 11.6. The van der Waals surface area contributed by atoms with Crippen molar-refractivity contribution in [2.24, 2.45) is 0 Å². The van der Waals surface area contributed by atoms with Crippen LogP contribution < -0.4 is 0 Å². The van der Waals surface area contributed by atoms with Crippen LogP contribution in [0.4, 0.5) is 0 Å². The van der Waals surface area contributed by atoms with Crippen LogP contribution in [-0.4, -0.2) is 52.2 Å². The quantitative estimate of drug-likeness (QED) is 0.925. The smallest absolute Gasteiger partial charge is 0.355 e. The monoisotopic (exact) mass is 333 g/mol. The van der Waals surface area contributed by atoms with Crippen LogP contribution in [0, 0.1) is 0 Å². The van der Waals surface area contributed by atoms with Gasteiger partial charge in [-0.1, -0.05) is 29.8 Å². The first kappa shape index (κ1) is 15.9. The Kier molecular flexibility index (Phi) is 4.85. The van der Waals surface area contributed by atoms with Crippen molar-refractivity contribution in [1.82, 2.24) is 14.9 Å². The second-order valence-electron chi connectivity index (χ2n) is 5.22. The van der Waals surface area contributed by atoms with E-state index in [2.05, 4.69) is 14.9 Å². The summed E-state index contributed by atoms with van der Waals surface area (Å²) < 4.78 is 5.30. The maximum Gasteiger partial charge on any atom is 0.355 e. The van der Waals surface area contributed by atoms with Gasteiger partial charge in [-0.3, -0.25) is 4.90 Å². The van der Waals surface area contributed by atoms with Crippen LogP contribution in [0.5, 0.6) is 0 Å². The van der Waals surface area contributed by atoms with Gasteiger partial charge in [0.05, 0.1) is 19.8 Å². The summed E-state index contributed by atoms with van der Waals surface area (Å²) in [4.78, 5) is 22.3. The number of aromatic carboxylic acids is 1. The first-order valence-electron chi connectivity index (χ1n) is 7.29. The Morgan fingerprint density at radius 3 is 2.70 bits per heavy atom. The number of benzene rings is 1. The molecule has 0 unspecified atom stereocenters. The highest BCUT2D eigenvalue weighted by molar-refractivity contribution is 6.33. The van der Waals surface area contributed by atoms with E-state index in [0.717, 1.165) is 13.1 Å². The zero-order valence-corrected chi connectivity index (χ0v) is 13.2. The molecule has 0 aliphatic carbocycles. The average Bonchev–Trinajstić information content (AvgIpc) is 2.56. The van der Waals surface area contributed by atoms with Crippen LogP contribution in [0.2, 0.25) is 5.02 Å². The molecule has 1 aliphatic heterocycles. The number of aromatic nitrogens is 2. The Labute approximate surface area is 138 Å². The van der Waals surface area contributed by atoms with Gasteiger partial charge in [0.1, 0.15) is 5.82 Å². The van der Waals surface area contributed by atoms with Crippen molar-refractivity contribution in [3.05, 3.63) is 47.0 Å². The molecule has 1 fully saturated rings. The Bertz CT molecular complexity index is 717. The van der Waals surface area contributed by atoms with E-state index in [1.807, 2.05) is 0 Å². The van der Waals surface area contributed by atoms with Gasteiger partial charge in [-0.15, -0.1) is 0 Å². The summed E-state index contributed by atoms with van der Waals surface area (Å²) in [5.74, 6) is -0.606. The summed E-state index contributed by atoms with van der Waals surface area (Å²) in [6.45, 7) is 3.43. The van der Waals surface area contributed by atoms with Gasteiger partial charge >= 0.3 is 5.97 Å². The number of carbonyl (C=O) groups is 1. The van der Waals surface area contributed by atoms with Crippen LogP contribution in [-0.2, 0) is 11.3 Å². The minimum atomic E-state index is -1.09. The lowest BCUT2D eigenvalue weighted by molar-refractivity contribution is 0.0329. The molecule has 7 heteroatoms. The number of carboxylic acid groups (broad SMARTS) is 1. The van der Waals surface area contributed by atoms with Crippen molar-refractivity contribution in [3.8, 4) is 11.1 Å². The molecule has 6 nitrogen and oxygen atoms in total. The fourth-order valence-electron chi connectivity index (χ4n) is 2.49. The van der Waals surface area contributed by atoms with Gasteiger partial charge in [0.15, 0.2) is 5.69 Å². The molecular formula is C16H16ClN3O3. The van der Waals surface area contributed by atoms with Crippen molar-refractivity contribution < 1.29 is 14.6 Å². The number of ether oxygens (including phenoxy) is 1. The van der Waals surface area contributed by atoms with Crippen molar-refractivity contribution in [3.63, 3.8) is 0 Å². The SMILES string of the molecule is O=C(O)c1nc(CN2CCOCC2)ncc1-c1ccccc1Cl. The second-order valence-corrected chi connectivity index (χ2v) is 5.63. The third kappa shape index (κ3) is 3.67. The lowest BCUT2D eigenvalue weighted by Crippen LogP contribution is -2.36.